The van der Waals surface area contributed by atoms with Crippen LogP contribution in [0.25, 0.3) is 0 Å². The minimum Gasteiger partial charge on any atom is -0.378 e. The van der Waals surface area contributed by atoms with Crippen LogP contribution in [0.2, 0.25) is 0 Å². The van der Waals surface area contributed by atoms with E-state index in [0.717, 1.165) is 49.3 Å². The first-order valence-electron chi connectivity index (χ1n) is 7.94. The molecule has 0 aromatic carbocycles. The van der Waals surface area contributed by atoms with Crippen LogP contribution in [-0.2, 0) is 9.53 Å². The monoisotopic (exact) mass is 367 g/mol. The summed E-state index contributed by atoms with van der Waals surface area (Å²) in [5.74, 6) is 1.83. The van der Waals surface area contributed by atoms with Gasteiger partial charge in [-0.2, -0.15) is 0 Å². The van der Waals surface area contributed by atoms with Crippen LogP contribution in [-0.4, -0.2) is 55.2 Å². The van der Waals surface area contributed by atoms with Crippen LogP contribution in [0.1, 0.15) is 19.3 Å². The Kier molecular flexibility index (Phi) is 5.31. The number of carbonyl (C=O) groups excluding carboxylic acids is 1. The highest BCUT2D eigenvalue weighted by Gasteiger charge is 2.25. The number of halogens is 1. The quantitative estimate of drug-likeness (QED) is 0.822. The Morgan fingerprint density at radius 3 is 2.59 bits per heavy atom. The third-order valence-electron chi connectivity index (χ3n) is 4.48. The maximum Gasteiger partial charge on any atom is 0.223 e. The van der Waals surface area contributed by atoms with E-state index < -0.39 is 0 Å². The summed E-state index contributed by atoms with van der Waals surface area (Å²) in [7, 11) is 0. The molecule has 0 spiro atoms. The number of morpholine rings is 1. The van der Waals surface area contributed by atoms with Crippen molar-refractivity contribution in [1.82, 2.24) is 9.88 Å². The molecule has 22 heavy (non-hydrogen) atoms. The maximum atomic E-state index is 12.3. The SMILES string of the molecule is O=C(CC1CCN(c2ccc(Br)cn2)CC1)N1CCOCC1. The van der Waals surface area contributed by atoms with E-state index in [2.05, 4.69) is 25.8 Å². The van der Waals surface area contributed by atoms with Gasteiger partial charge in [-0.25, -0.2) is 4.98 Å². The molecule has 0 radical (unpaired) electrons. The first-order valence-corrected chi connectivity index (χ1v) is 8.74. The van der Waals surface area contributed by atoms with E-state index in [-0.39, 0.29) is 0 Å². The van der Waals surface area contributed by atoms with Crippen molar-refractivity contribution < 1.29 is 9.53 Å². The molecule has 2 saturated heterocycles. The Morgan fingerprint density at radius 1 is 1.23 bits per heavy atom. The Bertz CT molecular complexity index is 495. The van der Waals surface area contributed by atoms with E-state index in [0.29, 0.717) is 31.5 Å². The summed E-state index contributed by atoms with van der Waals surface area (Å²) in [6, 6.07) is 4.07. The average molecular weight is 368 g/mol. The molecular weight excluding hydrogens is 346 g/mol. The number of hydrogen-bond donors (Lipinski definition) is 0. The van der Waals surface area contributed by atoms with E-state index in [9.17, 15) is 4.79 Å². The molecule has 1 amide bonds. The zero-order valence-electron chi connectivity index (χ0n) is 12.7. The fraction of sp³-hybridized carbons (Fsp3) is 0.625. The Hall–Kier alpha value is -1.14. The molecule has 0 N–H and O–H groups in total. The van der Waals surface area contributed by atoms with Crippen LogP contribution in [0.3, 0.4) is 0 Å². The molecule has 2 aliphatic heterocycles. The topological polar surface area (TPSA) is 45.7 Å². The van der Waals surface area contributed by atoms with E-state index >= 15 is 0 Å². The Balaban J connectivity index is 1.47. The smallest absolute Gasteiger partial charge is 0.223 e. The van der Waals surface area contributed by atoms with Crippen LogP contribution in [0.4, 0.5) is 5.82 Å². The number of anilines is 1. The van der Waals surface area contributed by atoms with Gasteiger partial charge >= 0.3 is 0 Å². The van der Waals surface area contributed by atoms with Crippen molar-refractivity contribution in [2.24, 2.45) is 5.92 Å². The number of piperidine rings is 1. The molecule has 1 aromatic heterocycles. The second kappa shape index (κ2) is 7.42. The predicted octanol–water partition coefficient (Wildman–Crippen LogP) is 2.31. The number of amides is 1. The van der Waals surface area contributed by atoms with Gasteiger partial charge in [0.25, 0.3) is 0 Å². The molecule has 0 aliphatic carbocycles. The fourth-order valence-electron chi connectivity index (χ4n) is 3.11. The lowest BCUT2D eigenvalue weighted by molar-refractivity contribution is -0.136. The van der Waals surface area contributed by atoms with Gasteiger partial charge in [0, 0.05) is 43.3 Å². The minimum absolute atomic E-state index is 0.295. The van der Waals surface area contributed by atoms with Crippen LogP contribution in [0.15, 0.2) is 22.8 Å². The Labute approximate surface area is 139 Å². The van der Waals surface area contributed by atoms with Crippen molar-refractivity contribution in [3.8, 4) is 0 Å². The lowest BCUT2D eigenvalue weighted by atomic mass is 9.93. The van der Waals surface area contributed by atoms with Gasteiger partial charge in [0.15, 0.2) is 0 Å². The summed E-state index contributed by atoms with van der Waals surface area (Å²) in [6.45, 7) is 4.82. The van der Waals surface area contributed by atoms with Crippen LogP contribution in [0, 0.1) is 5.92 Å². The molecule has 3 rings (SSSR count). The third-order valence-corrected chi connectivity index (χ3v) is 4.95. The first kappa shape index (κ1) is 15.7. The molecule has 6 heteroatoms. The molecule has 0 atom stereocenters. The van der Waals surface area contributed by atoms with Gasteiger partial charge in [0.05, 0.1) is 13.2 Å². The first-order chi connectivity index (χ1) is 10.7. The molecule has 120 valence electrons. The summed E-state index contributed by atoms with van der Waals surface area (Å²) >= 11 is 3.41. The fourth-order valence-corrected chi connectivity index (χ4v) is 3.34. The molecule has 0 unspecified atom stereocenters. The Morgan fingerprint density at radius 2 is 1.95 bits per heavy atom. The third kappa shape index (κ3) is 3.98. The van der Waals surface area contributed by atoms with Gasteiger partial charge in [0.1, 0.15) is 5.82 Å². The number of ether oxygens (including phenoxy) is 1. The zero-order chi connectivity index (χ0) is 15.4. The summed E-state index contributed by atoms with van der Waals surface area (Å²) in [5.41, 5.74) is 0. The molecule has 3 heterocycles. The highest BCUT2D eigenvalue weighted by atomic mass is 79.9. The van der Waals surface area contributed by atoms with Crippen LogP contribution >= 0.6 is 15.9 Å². The lowest BCUT2D eigenvalue weighted by Gasteiger charge is -2.34. The zero-order valence-corrected chi connectivity index (χ0v) is 14.3. The molecule has 2 aliphatic rings. The molecule has 0 saturated carbocycles. The molecule has 2 fully saturated rings. The highest BCUT2D eigenvalue weighted by molar-refractivity contribution is 9.10. The summed E-state index contributed by atoms with van der Waals surface area (Å²) in [4.78, 5) is 21.0. The van der Waals surface area contributed by atoms with E-state index in [1.807, 2.05) is 23.2 Å². The van der Waals surface area contributed by atoms with Crippen molar-refractivity contribution in [1.29, 1.82) is 0 Å². The number of carbonyl (C=O) groups is 1. The van der Waals surface area contributed by atoms with Crippen molar-refractivity contribution in [2.75, 3.05) is 44.3 Å². The summed E-state index contributed by atoms with van der Waals surface area (Å²) in [5, 5.41) is 0. The van der Waals surface area contributed by atoms with Gasteiger partial charge in [-0.3, -0.25) is 4.79 Å². The lowest BCUT2D eigenvalue weighted by Crippen LogP contribution is -2.42. The van der Waals surface area contributed by atoms with E-state index in [4.69, 9.17) is 4.74 Å². The van der Waals surface area contributed by atoms with Crippen molar-refractivity contribution in [3.05, 3.63) is 22.8 Å². The van der Waals surface area contributed by atoms with E-state index in [1.165, 1.54) is 0 Å². The number of aromatic nitrogens is 1. The highest BCUT2D eigenvalue weighted by Crippen LogP contribution is 2.25. The molecule has 1 aromatic rings. The number of rotatable bonds is 3. The molecule has 0 bridgehead atoms. The maximum absolute atomic E-state index is 12.3. The van der Waals surface area contributed by atoms with Gasteiger partial charge in [-0.05, 0) is 46.8 Å². The van der Waals surface area contributed by atoms with Crippen LogP contribution < -0.4 is 4.90 Å². The predicted molar refractivity (Wildman–Crippen MR) is 88.9 cm³/mol. The normalized spacial score (nSPS) is 20.2. The van der Waals surface area contributed by atoms with Gasteiger partial charge in [-0.15, -0.1) is 0 Å². The standard InChI is InChI=1S/C16H22BrN3O2/c17-14-1-2-15(18-12-14)19-5-3-13(4-6-19)11-16(21)20-7-9-22-10-8-20/h1-2,12-13H,3-11H2. The number of pyridine rings is 1. The van der Waals surface area contributed by atoms with Gasteiger partial charge in [-0.1, -0.05) is 0 Å². The molecule has 5 nitrogen and oxygen atoms in total. The second-order valence-corrected chi connectivity index (χ2v) is 6.88. The van der Waals surface area contributed by atoms with E-state index in [1.54, 1.807) is 0 Å². The van der Waals surface area contributed by atoms with Crippen molar-refractivity contribution >= 4 is 27.7 Å². The average Bonchev–Trinajstić information content (AvgIpc) is 2.57. The largest absolute Gasteiger partial charge is 0.378 e. The van der Waals surface area contributed by atoms with Gasteiger partial charge < -0.3 is 14.5 Å². The molecular formula is C16H22BrN3O2. The van der Waals surface area contributed by atoms with Crippen LogP contribution in [0.5, 0.6) is 0 Å². The second-order valence-electron chi connectivity index (χ2n) is 5.96. The van der Waals surface area contributed by atoms with Crippen molar-refractivity contribution in [3.63, 3.8) is 0 Å². The number of nitrogens with zero attached hydrogens (tertiary/aromatic N) is 3. The van der Waals surface area contributed by atoms with Crippen molar-refractivity contribution in [2.45, 2.75) is 19.3 Å². The number of hydrogen-bond acceptors (Lipinski definition) is 4. The summed E-state index contributed by atoms with van der Waals surface area (Å²) in [6.07, 6.45) is 4.65. The van der Waals surface area contributed by atoms with Gasteiger partial charge in [0.2, 0.25) is 5.91 Å². The summed E-state index contributed by atoms with van der Waals surface area (Å²) < 4.78 is 6.30. The minimum atomic E-state index is 0.295.